The molecule has 7 heteroatoms. The number of anilines is 1. The molecule has 0 saturated carbocycles. The van der Waals surface area contributed by atoms with Crippen LogP contribution in [-0.4, -0.2) is 18.0 Å². The fourth-order valence-electron chi connectivity index (χ4n) is 1.39. The molecule has 0 aliphatic carbocycles. The number of thioether (sulfide) groups is 1. The Labute approximate surface area is 113 Å². The summed E-state index contributed by atoms with van der Waals surface area (Å²) in [5.41, 5.74) is 1.50. The number of rotatable bonds is 6. The van der Waals surface area contributed by atoms with Crippen molar-refractivity contribution in [2.45, 2.75) is 29.7 Å². The predicted octanol–water partition coefficient (Wildman–Crippen LogP) is 3.37. The lowest BCUT2D eigenvalue weighted by molar-refractivity contribution is -0.116. The minimum atomic E-state index is -4.30. The van der Waals surface area contributed by atoms with Gasteiger partial charge in [0.05, 0.1) is 0 Å². The number of unbranched alkanes of at least 4 members (excludes halogenated alkanes) is 1. The van der Waals surface area contributed by atoms with Crippen LogP contribution in [0.25, 0.3) is 0 Å². The van der Waals surface area contributed by atoms with Crippen LogP contribution in [-0.2, 0) is 4.79 Å². The van der Waals surface area contributed by atoms with Gasteiger partial charge in [-0.1, -0.05) is 0 Å². The second-order valence-electron chi connectivity index (χ2n) is 3.87. The zero-order valence-electron chi connectivity index (χ0n) is 10.2. The highest BCUT2D eigenvalue weighted by Crippen LogP contribution is 2.36. The van der Waals surface area contributed by atoms with Crippen molar-refractivity contribution in [1.82, 2.24) is 0 Å². The second-order valence-corrected chi connectivity index (χ2v) is 5.00. The summed E-state index contributed by atoms with van der Waals surface area (Å²) < 4.78 is 36.3. The van der Waals surface area contributed by atoms with Crippen LogP contribution in [0.4, 0.5) is 18.9 Å². The standard InChI is InChI=1S/C12H15F3N2OS/c13-12(14,15)19-10-6-4-9(5-7-10)17-11(18)3-1-2-8-16/h4-7H,1-3,8,16H2,(H,17,18). The number of carbonyl (C=O) groups is 1. The van der Waals surface area contributed by atoms with Crippen molar-refractivity contribution in [3.63, 3.8) is 0 Å². The highest BCUT2D eigenvalue weighted by Gasteiger charge is 2.28. The van der Waals surface area contributed by atoms with Gasteiger partial charge in [-0.05, 0) is 55.4 Å². The van der Waals surface area contributed by atoms with E-state index in [-0.39, 0.29) is 22.6 Å². The molecule has 0 radical (unpaired) electrons. The van der Waals surface area contributed by atoms with Crippen LogP contribution in [0.2, 0.25) is 0 Å². The molecule has 1 rings (SSSR count). The molecule has 0 saturated heterocycles. The molecule has 0 aliphatic rings. The van der Waals surface area contributed by atoms with E-state index in [9.17, 15) is 18.0 Å². The topological polar surface area (TPSA) is 55.1 Å². The molecule has 3 N–H and O–H groups in total. The Morgan fingerprint density at radius 3 is 2.37 bits per heavy atom. The molecule has 106 valence electrons. The van der Waals surface area contributed by atoms with Crippen LogP contribution in [0.5, 0.6) is 0 Å². The number of amides is 1. The molecule has 0 aliphatic heterocycles. The van der Waals surface area contributed by atoms with Gasteiger partial charge in [-0.3, -0.25) is 4.79 Å². The van der Waals surface area contributed by atoms with Gasteiger partial charge in [0.2, 0.25) is 5.91 Å². The number of carbonyl (C=O) groups excluding carboxylic acids is 1. The molecule has 0 aromatic heterocycles. The van der Waals surface area contributed by atoms with Gasteiger partial charge in [0, 0.05) is 17.0 Å². The molecule has 0 unspecified atom stereocenters. The Balaban J connectivity index is 2.46. The van der Waals surface area contributed by atoms with Crippen molar-refractivity contribution in [3.05, 3.63) is 24.3 Å². The van der Waals surface area contributed by atoms with E-state index < -0.39 is 5.51 Å². The third kappa shape index (κ3) is 7.07. The van der Waals surface area contributed by atoms with E-state index >= 15 is 0 Å². The number of benzene rings is 1. The van der Waals surface area contributed by atoms with Crippen LogP contribution in [0.3, 0.4) is 0 Å². The van der Waals surface area contributed by atoms with Gasteiger partial charge < -0.3 is 11.1 Å². The van der Waals surface area contributed by atoms with Crippen molar-refractivity contribution in [2.24, 2.45) is 5.73 Å². The normalized spacial score (nSPS) is 11.4. The SMILES string of the molecule is NCCCCC(=O)Nc1ccc(SC(F)(F)F)cc1. The maximum Gasteiger partial charge on any atom is 0.446 e. The number of halogens is 3. The lowest BCUT2D eigenvalue weighted by Gasteiger charge is -2.08. The van der Waals surface area contributed by atoms with E-state index in [0.29, 0.717) is 25.1 Å². The molecular weight excluding hydrogens is 277 g/mol. The zero-order valence-corrected chi connectivity index (χ0v) is 11.0. The van der Waals surface area contributed by atoms with Crippen molar-refractivity contribution < 1.29 is 18.0 Å². The first-order valence-electron chi connectivity index (χ1n) is 5.76. The zero-order chi connectivity index (χ0) is 14.3. The van der Waals surface area contributed by atoms with Gasteiger partial charge in [-0.2, -0.15) is 13.2 Å². The smallest absolute Gasteiger partial charge is 0.330 e. The first-order chi connectivity index (χ1) is 8.90. The summed E-state index contributed by atoms with van der Waals surface area (Å²) in [4.78, 5) is 11.6. The molecule has 0 spiro atoms. The van der Waals surface area contributed by atoms with E-state index in [1.54, 1.807) is 0 Å². The number of hydrogen-bond acceptors (Lipinski definition) is 3. The Kier molecular flexibility index (Phi) is 6.17. The van der Waals surface area contributed by atoms with E-state index in [1.165, 1.54) is 24.3 Å². The molecule has 0 atom stereocenters. The minimum absolute atomic E-state index is 0.0913. The van der Waals surface area contributed by atoms with Crippen molar-refractivity contribution in [2.75, 3.05) is 11.9 Å². The molecule has 0 fully saturated rings. The lowest BCUT2D eigenvalue weighted by Crippen LogP contribution is -2.11. The summed E-state index contributed by atoms with van der Waals surface area (Å²) >= 11 is -0.181. The van der Waals surface area contributed by atoms with Crippen LogP contribution in [0.1, 0.15) is 19.3 Å². The summed E-state index contributed by atoms with van der Waals surface area (Å²) in [6, 6.07) is 5.56. The van der Waals surface area contributed by atoms with Crippen molar-refractivity contribution in [3.8, 4) is 0 Å². The largest absolute Gasteiger partial charge is 0.446 e. The van der Waals surface area contributed by atoms with Crippen molar-refractivity contribution >= 4 is 23.4 Å². The minimum Gasteiger partial charge on any atom is -0.330 e. The average molecular weight is 292 g/mol. The highest BCUT2D eigenvalue weighted by atomic mass is 32.2. The summed E-state index contributed by atoms with van der Waals surface area (Å²) in [6.45, 7) is 0.538. The summed E-state index contributed by atoms with van der Waals surface area (Å²) in [5.74, 6) is -0.162. The Hall–Kier alpha value is -1.21. The van der Waals surface area contributed by atoms with E-state index in [1.807, 2.05) is 0 Å². The summed E-state index contributed by atoms with van der Waals surface area (Å²) in [7, 11) is 0. The van der Waals surface area contributed by atoms with Gasteiger partial charge >= 0.3 is 5.51 Å². The average Bonchev–Trinajstić information content (AvgIpc) is 2.30. The van der Waals surface area contributed by atoms with Crippen molar-refractivity contribution in [1.29, 1.82) is 0 Å². The predicted molar refractivity (Wildman–Crippen MR) is 69.9 cm³/mol. The van der Waals surface area contributed by atoms with Crippen LogP contribution < -0.4 is 11.1 Å². The summed E-state index contributed by atoms with van der Waals surface area (Å²) in [6.07, 6.45) is 1.83. The number of hydrogen-bond donors (Lipinski definition) is 2. The van der Waals surface area contributed by atoms with E-state index in [4.69, 9.17) is 5.73 Å². The van der Waals surface area contributed by atoms with Gasteiger partial charge in [0.15, 0.2) is 0 Å². The fraction of sp³-hybridized carbons (Fsp3) is 0.417. The third-order valence-corrected chi connectivity index (χ3v) is 2.97. The van der Waals surface area contributed by atoms with Gasteiger partial charge in [-0.15, -0.1) is 0 Å². The van der Waals surface area contributed by atoms with Crippen LogP contribution in [0.15, 0.2) is 29.2 Å². The molecule has 3 nitrogen and oxygen atoms in total. The first kappa shape index (κ1) is 15.8. The molecule has 0 bridgehead atoms. The summed E-state index contributed by atoms with van der Waals surface area (Å²) in [5, 5.41) is 2.62. The number of nitrogens with two attached hydrogens (primary N) is 1. The Bertz CT molecular complexity index is 406. The molecule has 0 heterocycles. The Morgan fingerprint density at radius 2 is 1.84 bits per heavy atom. The molecule has 19 heavy (non-hydrogen) atoms. The monoisotopic (exact) mass is 292 g/mol. The van der Waals surface area contributed by atoms with E-state index in [0.717, 1.165) is 6.42 Å². The van der Waals surface area contributed by atoms with Gasteiger partial charge in [0.1, 0.15) is 0 Å². The van der Waals surface area contributed by atoms with Crippen LogP contribution >= 0.6 is 11.8 Å². The number of alkyl halides is 3. The molecule has 1 amide bonds. The van der Waals surface area contributed by atoms with E-state index in [2.05, 4.69) is 5.32 Å². The lowest BCUT2D eigenvalue weighted by atomic mass is 10.2. The fourth-order valence-corrected chi connectivity index (χ4v) is 1.93. The molecule has 1 aromatic carbocycles. The second kappa shape index (κ2) is 7.40. The maximum atomic E-state index is 12.1. The molecular formula is C12H15F3N2OS. The van der Waals surface area contributed by atoms with Gasteiger partial charge in [-0.25, -0.2) is 0 Å². The van der Waals surface area contributed by atoms with Crippen LogP contribution in [0, 0.1) is 0 Å². The first-order valence-corrected chi connectivity index (χ1v) is 6.58. The highest BCUT2D eigenvalue weighted by molar-refractivity contribution is 8.00. The number of nitrogens with one attached hydrogen (secondary N) is 1. The third-order valence-electron chi connectivity index (χ3n) is 2.23. The quantitative estimate of drug-likeness (QED) is 0.624. The molecule has 1 aromatic rings. The maximum absolute atomic E-state index is 12.1. The Morgan fingerprint density at radius 1 is 1.21 bits per heavy atom. The van der Waals surface area contributed by atoms with Gasteiger partial charge in [0.25, 0.3) is 0 Å².